The Morgan fingerprint density at radius 3 is 1.90 bits per heavy atom. The summed E-state index contributed by atoms with van der Waals surface area (Å²) in [4.78, 5) is 67.2. The van der Waals surface area contributed by atoms with Crippen LogP contribution in [-0.4, -0.2) is 36.1 Å². The molecule has 0 unspecified atom stereocenters. The number of para-hydroxylation sites is 2. The van der Waals surface area contributed by atoms with Gasteiger partial charge in [-0.1, -0.05) is 30.3 Å². The average molecular weight is 662 g/mol. The number of nitrogens with zero attached hydrogens (tertiary/aromatic N) is 4. The number of aromatic nitrogens is 5. The lowest BCUT2D eigenvalue weighted by Gasteiger charge is -2.13. The number of ketones is 2. The van der Waals surface area contributed by atoms with Gasteiger partial charge in [0, 0.05) is 69.3 Å². The van der Waals surface area contributed by atoms with Crippen LogP contribution in [-0.2, 0) is 6.54 Å². The van der Waals surface area contributed by atoms with Gasteiger partial charge in [0.1, 0.15) is 0 Å². The second kappa shape index (κ2) is 14.0. The van der Waals surface area contributed by atoms with E-state index >= 15 is 0 Å². The third-order valence-corrected chi connectivity index (χ3v) is 8.75. The van der Waals surface area contributed by atoms with E-state index in [1.165, 1.54) is 18.6 Å². The second-order valence-electron chi connectivity index (χ2n) is 12.3. The minimum Gasteiger partial charge on any atom is -0.360 e. The van der Waals surface area contributed by atoms with Crippen molar-refractivity contribution in [1.29, 1.82) is 0 Å². The van der Waals surface area contributed by atoms with Gasteiger partial charge in [-0.25, -0.2) is 0 Å². The van der Waals surface area contributed by atoms with Gasteiger partial charge in [0.15, 0.2) is 11.6 Å². The topological polar surface area (TPSA) is 128 Å². The third kappa shape index (κ3) is 6.79. The monoisotopic (exact) mass is 661 g/mol. The van der Waals surface area contributed by atoms with E-state index in [2.05, 4.69) is 19.9 Å². The van der Waals surface area contributed by atoms with Crippen LogP contribution >= 0.6 is 0 Å². The fraction of sp³-hybridized carbons (Fsp3) is 0.146. The molecule has 0 amide bonds. The molecule has 5 heterocycles. The van der Waals surface area contributed by atoms with Gasteiger partial charge in [-0.3, -0.25) is 34.1 Å². The maximum absolute atomic E-state index is 13.2. The van der Waals surface area contributed by atoms with Crippen molar-refractivity contribution in [3.05, 3.63) is 180 Å². The van der Waals surface area contributed by atoms with Gasteiger partial charge in [0.2, 0.25) is 10.9 Å². The fourth-order valence-electron chi connectivity index (χ4n) is 5.68. The number of carbonyl (C=O) groups is 2. The van der Waals surface area contributed by atoms with Crippen LogP contribution in [0.25, 0.3) is 21.8 Å². The van der Waals surface area contributed by atoms with Crippen molar-refractivity contribution < 1.29 is 9.59 Å². The Hall–Kier alpha value is -6.35. The van der Waals surface area contributed by atoms with Crippen LogP contribution in [0, 0.1) is 34.6 Å². The Bertz CT molecular complexity index is 2570. The molecule has 7 aromatic rings. The Morgan fingerprint density at radius 2 is 1.26 bits per heavy atom. The molecule has 0 bridgehead atoms. The summed E-state index contributed by atoms with van der Waals surface area (Å²) >= 11 is 0. The maximum Gasteiger partial charge on any atom is 0.200 e. The largest absolute Gasteiger partial charge is 0.360 e. The first-order chi connectivity index (χ1) is 24.0. The number of nitrogens with one attached hydrogen (secondary N) is 1. The summed E-state index contributed by atoms with van der Waals surface area (Å²) in [6, 6.07) is 23.9. The van der Waals surface area contributed by atoms with E-state index in [1.54, 1.807) is 36.5 Å². The zero-order valence-corrected chi connectivity index (χ0v) is 28.4. The molecule has 0 atom stereocenters. The number of rotatable bonds is 6. The Labute approximate surface area is 288 Å². The molecule has 1 N–H and O–H groups in total. The van der Waals surface area contributed by atoms with Crippen molar-refractivity contribution in [3.8, 4) is 0 Å². The number of aryl methyl sites for hydroxylation is 5. The van der Waals surface area contributed by atoms with Crippen LogP contribution in [0.15, 0.2) is 113 Å². The van der Waals surface area contributed by atoms with Gasteiger partial charge >= 0.3 is 0 Å². The number of aromatic amines is 1. The predicted octanol–water partition coefficient (Wildman–Crippen LogP) is 6.77. The molecule has 50 heavy (non-hydrogen) atoms. The van der Waals surface area contributed by atoms with Crippen LogP contribution in [0.4, 0.5) is 0 Å². The summed E-state index contributed by atoms with van der Waals surface area (Å²) in [5.74, 6) is -0.625. The lowest BCUT2D eigenvalue weighted by molar-refractivity contribution is 0.102. The van der Waals surface area contributed by atoms with E-state index in [-0.39, 0.29) is 33.6 Å². The van der Waals surface area contributed by atoms with Crippen LogP contribution in [0.2, 0.25) is 0 Å². The highest BCUT2D eigenvalue weighted by molar-refractivity contribution is 6.10. The maximum atomic E-state index is 13.2. The van der Waals surface area contributed by atoms with Crippen molar-refractivity contribution in [1.82, 2.24) is 24.5 Å². The molecule has 0 radical (unpaired) electrons. The number of carbonyl (C=O) groups excluding carboxylic acids is 2. The molecule has 0 saturated carbocycles. The standard InChI is InChI=1S/C24H21N3O2.C17H14N2O2/c1-15-11-18(12-25-17(15)3)23(28)21-14-27(13-19-8-6-7-16(2)26-19)22-10-5-4-9-20(22)24(21)29;1-10-7-12(8-18-11(10)2)16(20)14-9-19-15-6-4-3-5-13(15)17(14)21/h4-12,14H,13H2,1-3H3;3-9H,1-2H3,(H,19,21). The minimum atomic E-state index is -0.317. The molecule has 0 aliphatic rings. The molecule has 248 valence electrons. The summed E-state index contributed by atoms with van der Waals surface area (Å²) in [6.07, 6.45) is 6.17. The lowest BCUT2D eigenvalue weighted by Crippen LogP contribution is -2.20. The van der Waals surface area contributed by atoms with Crippen molar-refractivity contribution in [3.63, 3.8) is 0 Å². The molecule has 0 saturated heterocycles. The molecule has 0 fully saturated rings. The molecule has 0 aliphatic heterocycles. The van der Waals surface area contributed by atoms with Crippen molar-refractivity contribution in [2.75, 3.05) is 0 Å². The van der Waals surface area contributed by atoms with Crippen molar-refractivity contribution >= 4 is 33.4 Å². The smallest absolute Gasteiger partial charge is 0.200 e. The number of pyridine rings is 5. The zero-order valence-electron chi connectivity index (χ0n) is 28.4. The van der Waals surface area contributed by atoms with Crippen LogP contribution in [0.3, 0.4) is 0 Å². The van der Waals surface area contributed by atoms with Gasteiger partial charge < -0.3 is 9.55 Å². The molecule has 0 aliphatic carbocycles. The van der Waals surface area contributed by atoms with E-state index in [1.807, 2.05) is 87.7 Å². The molecular weight excluding hydrogens is 626 g/mol. The molecular formula is C41H35N5O4. The van der Waals surface area contributed by atoms with Crippen molar-refractivity contribution in [2.45, 2.75) is 41.2 Å². The first-order valence-corrected chi connectivity index (χ1v) is 16.1. The van der Waals surface area contributed by atoms with Crippen LogP contribution < -0.4 is 10.9 Å². The summed E-state index contributed by atoms with van der Waals surface area (Å²) in [5, 5.41) is 1.03. The predicted molar refractivity (Wildman–Crippen MR) is 195 cm³/mol. The number of H-pyrrole nitrogens is 1. The lowest BCUT2D eigenvalue weighted by atomic mass is 10.0. The van der Waals surface area contributed by atoms with E-state index in [9.17, 15) is 19.2 Å². The summed E-state index contributed by atoms with van der Waals surface area (Å²) in [7, 11) is 0. The number of fused-ring (bicyclic) bond motifs is 2. The molecule has 9 heteroatoms. The van der Waals surface area contributed by atoms with Crippen molar-refractivity contribution in [2.24, 2.45) is 0 Å². The second-order valence-corrected chi connectivity index (χ2v) is 12.3. The Kier molecular flexibility index (Phi) is 9.41. The molecule has 7 rings (SSSR count). The van der Waals surface area contributed by atoms with E-state index in [4.69, 9.17) is 0 Å². The fourth-order valence-corrected chi connectivity index (χ4v) is 5.68. The van der Waals surface area contributed by atoms with Crippen LogP contribution in [0.1, 0.15) is 65.7 Å². The highest BCUT2D eigenvalue weighted by Crippen LogP contribution is 2.17. The van der Waals surface area contributed by atoms with E-state index < -0.39 is 0 Å². The van der Waals surface area contributed by atoms with E-state index in [0.29, 0.717) is 28.4 Å². The van der Waals surface area contributed by atoms with Gasteiger partial charge in [0.25, 0.3) is 0 Å². The summed E-state index contributed by atoms with van der Waals surface area (Å²) < 4.78 is 1.92. The quantitative estimate of drug-likeness (QED) is 0.195. The Balaban J connectivity index is 0.000000182. The first-order valence-electron chi connectivity index (χ1n) is 16.1. The van der Waals surface area contributed by atoms with Gasteiger partial charge in [-0.2, -0.15) is 0 Å². The summed E-state index contributed by atoms with van der Waals surface area (Å²) in [5.41, 5.74) is 7.47. The molecule has 2 aromatic carbocycles. The SMILES string of the molecule is Cc1cc(C(=O)c2c[nH]c3ccccc3c2=O)cnc1C.Cc1cccc(Cn2cc(C(=O)c3cnc(C)c(C)c3)c(=O)c3ccccc32)n1. The molecule has 5 aromatic heterocycles. The Morgan fingerprint density at radius 1 is 0.680 bits per heavy atom. The number of benzene rings is 2. The number of hydrogen-bond acceptors (Lipinski definition) is 7. The van der Waals surface area contributed by atoms with Crippen LogP contribution in [0.5, 0.6) is 0 Å². The molecule has 0 spiro atoms. The highest BCUT2D eigenvalue weighted by atomic mass is 16.1. The van der Waals surface area contributed by atoms with E-state index in [0.717, 1.165) is 44.9 Å². The first kappa shape index (κ1) is 33.5. The minimum absolute atomic E-state index is 0.138. The van der Waals surface area contributed by atoms with Gasteiger partial charge in [0.05, 0.1) is 28.9 Å². The number of hydrogen-bond donors (Lipinski definition) is 1. The highest BCUT2D eigenvalue weighted by Gasteiger charge is 2.19. The molecule has 9 nitrogen and oxygen atoms in total. The average Bonchev–Trinajstić information content (AvgIpc) is 3.12. The normalized spacial score (nSPS) is 10.9. The van der Waals surface area contributed by atoms with Gasteiger partial charge in [-0.05, 0) is 94.3 Å². The third-order valence-electron chi connectivity index (χ3n) is 8.75. The van der Waals surface area contributed by atoms with Gasteiger partial charge in [-0.15, -0.1) is 0 Å². The summed E-state index contributed by atoms with van der Waals surface area (Å²) in [6.45, 7) is 9.97. The zero-order chi connectivity index (χ0) is 35.5.